The zero-order valence-electron chi connectivity index (χ0n) is 5.91. The van der Waals surface area contributed by atoms with Gasteiger partial charge in [-0.3, -0.25) is 0 Å². The van der Waals surface area contributed by atoms with Crippen LogP contribution in [0.2, 0.25) is 0 Å². The maximum atomic E-state index is 2.17. The lowest BCUT2D eigenvalue weighted by Gasteiger charge is -2.23. The molecule has 0 aliphatic carbocycles. The topological polar surface area (TPSA) is 0 Å². The van der Waals surface area contributed by atoms with Crippen molar-refractivity contribution in [1.29, 1.82) is 0 Å². The van der Waals surface area contributed by atoms with Gasteiger partial charge in [0, 0.05) is 16.8 Å². The largest absolute Gasteiger partial charge is 0.161 e. The monoisotopic (exact) mass is 192 g/mol. The highest BCUT2D eigenvalue weighted by molar-refractivity contribution is 8.08. The van der Waals surface area contributed by atoms with E-state index in [0.717, 1.165) is 11.2 Å². The van der Waals surface area contributed by atoms with Crippen molar-refractivity contribution in [2.24, 2.45) is 5.92 Å². The summed E-state index contributed by atoms with van der Waals surface area (Å²) in [4.78, 5) is 0. The fraction of sp³-hybridized carbons (Fsp3) is 1.00. The van der Waals surface area contributed by atoms with Crippen LogP contribution in [0.5, 0.6) is 0 Å². The van der Waals surface area contributed by atoms with Gasteiger partial charge in [0.15, 0.2) is 0 Å². The summed E-state index contributed by atoms with van der Waals surface area (Å²) in [6, 6.07) is 0. The summed E-state index contributed by atoms with van der Waals surface area (Å²) in [5.74, 6) is 8.23. The summed E-state index contributed by atoms with van der Waals surface area (Å²) in [6.45, 7) is 0. The lowest BCUT2D eigenvalue weighted by molar-refractivity contribution is 0.736. The zero-order chi connectivity index (χ0) is 6.81. The second-order valence-corrected chi connectivity index (χ2v) is 6.38. The van der Waals surface area contributed by atoms with Crippen molar-refractivity contribution in [1.82, 2.24) is 0 Å². The molecule has 0 amide bonds. The summed E-state index contributed by atoms with van der Waals surface area (Å²) in [5, 5.41) is 1.04. The number of hydrogen-bond acceptors (Lipinski definition) is 3. The standard InChI is InChI=1S/C7H12S3/c1-6(2-8-1)3-9-4-7-5-10-7/h6-7H,1-5H2. The summed E-state index contributed by atoms with van der Waals surface area (Å²) < 4.78 is 0. The molecule has 0 spiro atoms. The molecule has 10 heavy (non-hydrogen) atoms. The van der Waals surface area contributed by atoms with Crippen molar-refractivity contribution < 1.29 is 0 Å². The maximum Gasteiger partial charge on any atom is 0.0229 e. The molecule has 2 aliphatic rings. The first-order valence-corrected chi connectivity index (χ1v) is 7.08. The van der Waals surface area contributed by atoms with E-state index in [1.54, 1.807) is 0 Å². The van der Waals surface area contributed by atoms with Crippen LogP contribution < -0.4 is 0 Å². The van der Waals surface area contributed by atoms with Gasteiger partial charge in [-0.05, 0) is 23.2 Å². The predicted molar refractivity (Wildman–Crippen MR) is 54.4 cm³/mol. The molecule has 0 N–H and O–H groups in total. The van der Waals surface area contributed by atoms with E-state index in [9.17, 15) is 0 Å². The molecule has 2 saturated heterocycles. The van der Waals surface area contributed by atoms with E-state index in [1.165, 1.54) is 28.8 Å². The third-order valence-corrected chi connectivity index (χ3v) is 5.71. The van der Waals surface area contributed by atoms with Crippen molar-refractivity contribution in [3.8, 4) is 0 Å². The molecule has 0 aromatic rings. The molecule has 58 valence electrons. The van der Waals surface area contributed by atoms with Crippen LogP contribution in [0.25, 0.3) is 0 Å². The van der Waals surface area contributed by atoms with Gasteiger partial charge >= 0.3 is 0 Å². The predicted octanol–water partition coefficient (Wildman–Crippen LogP) is 2.20. The Labute approximate surface area is 75.3 Å². The van der Waals surface area contributed by atoms with E-state index in [1.807, 2.05) is 0 Å². The molecular formula is C7H12S3. The molecule has 2 fully saturated rings. The van der Waals surface area contributed by atoms with Crippen LogP contribution in [0.4, 0.5) is 0 Å². The second-order valence-electron chi connectivity index (χ2n) is 2.90. The van der Waals surface area contributed by atoms with Crippen LogP contribution in [0.15, 0.2) is 0 Å². The molecule has 2 aliphatic heterocycles. The minimum Gasteiger partial charge on any atom is -0.161 e. The third-order valence-electron chi connectivity index (χ3n) is 1.77. The third kappa shape index (κ3) is 2.28. The van der Waals surface area contributed by atoms with Gasteiger partial charge in [0.05, 0.1) is 0 Å². The molecule has 0 nitrogen and oxygen atoms in total. The first-order valence-electron chi connectivity index (χ1n) is 3.72. The number of rotatable bonds is 4. The second kappa shape index (κ2) is 3.63. The van der Waals surface area contributed by atoms with Crippen LogP contribution in [0, 0.1) is 5.92 Å². The smallest absolute Gasteiger partial charge is 0.0229 e. The maximum absolute atomic E-state index is 2.17. The van der Waals surface area contributed by atoms with Crippen molar-refractivity contribution in [2.75, 3.05) is 28.8 Å². The van der Waals surface area contributed by atoms with E-state index in [2.05, 4.69) is 35.3 Å². The molecule has 0 radical (unpaired) electrons. The van der Waals surface area contributed by atoms with E-state index in [-0.39, 0.29) is 0 Å². The highest BCUT2D eigenvalue weighted by atomic mass is 32.2. The Morgan fingerprint density at radius 3 is 2.50 bits per heavy atom. The Morgan fingerprint density at radius 2 is 2.00 bits per heavy atom. The Balaban J connectivity index is 1.46. The van der Waals surface area contributed by atoms with Crippen molar-refractivity contribution in [3.05, 3.63) is 0 Å². The van der Waals surface area contributed by atoms with Crippen LogP contribution in [0.3, 0.4) is 0 Å². The van der Waals surface area contributed by atoms with Gasteiger partial charge < -0.3 is 0 Å². The van der Waals surface area contributed by atoms with E-state index in [4.69, 9.17) is 0 Å². The first-order chi connectivity index (χ1) is 4.95. The number of hydrogen-bond donors (Lipinski definition) is 0. The highest BCUT2D eigenvalue weighted by Crippen LogP contribution is 2.35. The Kier molecular flexibility index (Phi) is 2.79. The Hall–Kier alpha value is 1.05. The first kappa shape index (κ1) is 7.69. The SMILES string of the molecule is C1SCC1CSCC1CS1. The summed E-state index contributed by atoms with van der Waals surface area (Å²) >= 11 is 6.39. The minimum atomic E-state index is 1.04. The van der Waals surface area contributed by atoms with Gasteiger partial charge in [-0.15, -0.1) is 0 Å². The molecule has 2 rings (SSSR count). The van der Waals surface area contributed by atoms with E-state index in [0.29, 0.717) is 0 Å². The zero-order valence-corrected chi connectivity index (χ0v) is 8.36. The summed E-state index contributed by atoms with van der Waals surface area (Å²) in [5.41, 5.74) is 0. The average Bonchev–Trinajstić information content (AvgIpc) is 2.58. The van der Waals surface area contributed by atoms with Crippen LogP contribution in [-0.2, 0) is 0 Å². The summed E-state index contributed by atoms with van der Waals surface area (Å²) in [6.07, 6.45) is 0. The number of thioether (sulfide) groups is 3. The molecule has 0 aromatic heterocycles. The molecular weight excluding hydrogens is 180 g/mol. The average molecular weight is 192 g/mol. The fourth-order valence-electron chi connectivity index (χ4n) is 0.911. The fourth-order valence-corrected chi connectivity index (χ4v) is 4.18. The van der Waals surface area contributed by atoms with Crippen LogP contribution in [-0.4, -0.2) is 34.0 Å². The Morgan fingerprint density at radius 1 is 1.20 bits per heavy atom. The van der Waals surface area contributed by atoms with Crippen molar-refractivity contribution in [2.45, 2.75) is 5.25 Å². The molecule has 1 unspecified atom stereocenters. The van der Waals surface area contributed by atoms with Gasteiger partial charge in [0.1, 0.15) is 0 Å². The quantitative estimate of drug-likeness (QED) is 0.627. The molecule has 1 atom stereocenters. The molecule has 0 aromatic carbocycles. The Bertz CT molecular complexity index is 107. The van der Waals surface area contributed by atoms with Crippen LogP contribution >= 0.6 is 35.3 Å². The normalized spacial score (nSPS) is 31.8. The van der Waals surface area contributed by atoms with Gasteiger partial charge in [0.25, 0.3) is 0 Å². The molecule has 0 bridgehead atoms. The van der Waals surface area contributed by atoms with Gasteiger partial charge in [-0.25, -0.2) is 0 Å². The molecule has 0 saturated carbocycles. The lowest BCUT2D eigenvalue weighted by atomic mass is 10.2. The molecule has 3 heteroatoms. The minimum absolute atomic E-state index is 1.04. The molecule has 2 heterocycles. The van der Waals surface area contributed by atoms with E-state index >= 15 is 0 Å². The van der Waals surface area contributed by atoms with Crippen LogP contribution in [0.1, 0.15) is 0 Å². The summed E-state index contributed by atoms with van der Waals surface area (Å²) in [7, 11) is 0. The van der Waals surface area contributed by atoms with Gasteiger partial charge in [-0.1, -0.05) is 0 Å². The van der Waals surface area contributed by atoms with Crippen molar-refractivity contribution in [3.63, 3.8) is 0 Å². The highest BCUT2D eigenvalue weighted by Gasteiger charge is 2.23. The van der Waals surface area contributed by atoms with Gasteiger partial charge in [0.2, 0.25) is 0 Å². The van der Waals surface area contributed by atoms with E-state index < -0.39 is 0 Å². The van der Waals surface area contributed by atoms with Crippen molar-refractivity contribution >= 4 is 35.3 Å². The van der Waals surface area contributed by atoms with Gasteiger partial charge in [-0.2, -0.15) is 35.3 Å². The lowest BCUT2D eigenvalue weighted by Crippen LogP contribution is -2.20.